The first kappa shape index (κ1) is 18.2. The summed E-state index contributed by atoms with van der Waals surface area (Å²) in [4.78, 5) is 11.5. The summed E-state index contributed by atoms with van der Waals surface area (Å²) in [7, 11) is -3.90. The molecule has 1 aromatic carbocycles. The maximum atomic E-state index is 12.6. The third-order valence-electron chi connectivity index (χ3n) is 3.28. The molecular formula is C16H21N3O4S. The fourth-order valence-electron chi connectivity index (χ4n) is 2.08. The zero-order valence-corrected chi connectivity index (χ0v) is 14.7. The summed E-state index contributed by atoms with van der Waals surface area (Å²) in [6.45, 7) is 5.25. The molecule has 0 amide bonds. The van der Waals surface area contributed by atoms with Crippen LogP contribution in [0.25, 0.3) is 11.3 Å². The van der Waals surface area contributed by atoms with Crippen LogP contribution in [0.4, 0.5) is 0 Å². The quantitative estimate of drug-likeness (QED) is 0.770. The Morgan fingerprint density at radius 2 is 1.96 bits per heavy atom. The van der Waals surface area contributed by atoms with E-state index < -0.39 is 22.5 Å². The molecule has 0 atom stereocenters. The Morgan fingerprint density at radius 3 is 2.54 bits per heavy atom. The number of hydrogen-bond donors (Lipinski definition) is 1. The van der Waals surface area contributed by atoms with Crippen molar-refractivity contribution in [1.29, 1.82) is 0 Å². The number of sulfonamides is 1. The first-order valence-corrected chi connectivity index (χ1v) is 9.13. The van der Waals surface area contributed by atoms with Crippen LogP contribution in [0.1, 0.15) is 26.8 Å². The Bertz CT molecular complexity index is 798. The SMILES string of the molecule is CCOC(=O)CNS(=O)(=O)c1cn(C(C)C)nc1-c1ccccc1. The molecule has 0 bridgehead atoms. The zero-order valence-electron chi connectivity index (χ0n) is 13.9. The number of esters is 1. The fraction of sp³-hybridized carbons (Fsp3) is 0.375. The van der Waals surface area contributed by atoms with Gasteiger partial charge in [0, 0.05) is 17.8 Å². The smallest absolute Gasteiger partial charge is 0.321 e. The van der Waals surface area contributed by atoms with Crippen molar-refractivity contribution in [3.8, 4) is 11.3 Å². The van der Waals surface area contributed by atoms with Crippen molar-refractivity contribution in [3.63, 3.8) is 0 Å². The highest BCUT2D eigenvalue weighted by Gasteiger charge is 2.25. The van der Waals surface area contributed by atoms with Gasteiger partial charge in [0.2, 0.25) is 10.0 Å². The van der Waals surface area contributed by atoms with Crippen LogP contribution >= 0.6 is 0 Å². The molecule has 8 heteroatoms. The summed E-state index contributed by atoms with van der Waals surface area (Å²) in [5.74, 6) is -0.626. The molecule has 0 saturated carbocycles. The van der Waals surface area contributed by atoms with Gasteiger partial charge in [0.1, 0.15) is 17.1 Å². The largest absolute Gasteiger partial charge is 0.465 e. The van der Waals surface area contributed by atoms with Crippen LogP contribution in [0.15, 0.2) is 41.4 Å². The molecule has 1 N–H and O–H groups in total. The minimum Gasteiger partial charge on any atom is -0.465 e. The highest BCUT2D eigenvalue weighted by atomic mass is 32.2. The lowest BCUT2D eigenvalue weighted by Crippen LogP contribution is -2.30. The molecular weight excluding hydrogens is 330 g/mol. The Labute approximate surface area is 141 Å². The molecule has 0 radical (unpaired) electrons. The lowest BCUT2D eigenvalue weighted by atomic mass is 10.2. The molecule has 0 aliphatic carbocycles. The Morgan fingerprint density at radius 1 is 1.29 bits per heavy atom. The van der Waals surface area contributed by atoms with E-state index in [1.807, 2.05) is 32.0 Å². The van der Waals surface area contributed by atoms with Gasteiger partial charge in [-0.1, -0.05) is 30.3 Å². The van der Waals surface area contributed by atoms with Gasteiger partial charge in [-0.2, -0.15) is 9.82 Å². The summed E-state index contributed by atoms with van der Waals surface area (Å²) in [6.07, 6.45) is 1.47. The Balaban J connectivity index is 2.39. The number of carbonyl (C=O) groups is 1. The molecule has 0 unspecified atom stereocenters. The number of nitrogens with zero attached hydrogens (tertiary/aromatic N) is 2. The van der Waals surface area contributed by atoms with E-state index in [4.69, 9.17) is 4.74 Å². The van der Waals surface area contributed by atoms with E-state index in [2.05, 4.69) is 9.82 Å². The minimum absolute atomic E-state index is 0.00136. The summed E-state index contributed by atoms with van der Waals surface area (Å²) >= 11 is 0. The van der Waals surface area contributed by atoms with Crippen LogP contribution in [0.3, 0.4) is 0 Å². The maximum Gasteiger partial charge on any atom is 0.321 e. The summed E-state index contributed by atoms with van der Waals surface area (Å²) in [5, 5.41) is 4.39. The second-order valence-corrected chi connectivity index (χ2v) is 7.15. The van der Waals surface area contributed by atoms with Crippen molar-refractivity contribution < 1.29 is 17.9 Å². The number of benzene rings is 1. The van der Waals surface area contributed by atoms with Crippen LogP contribution in [-0.2, 0) is 19.6 Å². The van der Waals surface area contributed by atoms with Crippen molar-refractivity contribution >= 4 is 16.0 Å². The van der Waals surface area contributed by atoms with Gasteiger partial charge >= 0.3 is 5.97 Å². The predicted octanol–water partition coefficient (Wildman–Crippen LogP) is 1.97. The minimum atomic E-state index is -3.90. The zero-order chi connectivity index (χ0) is 17.7. The van der Waals surface area contributed by atoms with Crippen molar-refractivity contribution in [1.82, 2.24) is 14.5 Å². The van der Waals surface area contributed by atoms with E-state index in [1.54, 1.807) is 23.7 Å². The van der Waals surface area contributed by atoms with E-state index in [-0.39, 0.29) is 17.5 Å². The van der Waals surface area contributed by atoms with Gasteiger partial charge in [-0.3, -0.25) is 9.48 Å². The lowest BCUT2D eigenvalue weighted by molar-refractivity contribution is -0.141. The molecule has 24 heavy (non-hydrogen) atoms. The maximum absolute atomic E-state index is 12.6. The average molecular weight is 351 g/mol. The number of rotatable bonds is 7. The molecule has 0 spiro atoms. The highest BCUT2D eigenvalue weighted by Crippen LogP contribution is 2.26. The third-order valence-corrected chi connectivity index (χ3v) is 4.68. The second kappa shape index (κ2) is 7.59. The second-order valence-electron chi connectivity index (χ2n) is 5.41. The van der Waals surface area contributed by atoms with E-state index in [9.17, 15) is 13.2 Å². The van der Waals surface area contributed by atoms with E-state index in [0.717, 1.165) is 0 Å². The number of carbonyl (C=O) groups excluding carboxylic acids is 1. The van der Waals surface area contributed by atoms with Crippen LogP contribution < -0.4 is 4.72 Å². The lowest BCUT2D eigenvalue weighted by Gasteiger charge is -2.06. The first-order chi connectivity index (χ1) is 11.3. The fourth-order valence-corrected chi connectivity index (χ4v) is 3.20. The average Bonchev–Trinajstić information content (AvgIpc) is 3.01. The molecule has 0 aliphatic rings. The molecule has 0 saturated heterocycles. The molecule has 2 aromatic rings. The van der Waals surface area contributed by atoms with Crippen LogP contribution in [0.5, 0.6) is 0 Å². The first-order valence-electron chi connectivity index (χ1n) is 7.65. The normalized spacial score (nSPS) is 11.7. The molecule has 130 valence electrons. The van der Waals surface area contributed by atoms with Gasteiger partial charge in [0.25, 0.3) is 0 Å². The van der Waals surface area contributed by atoms with Crippen LogP contribution in [0.2, 0.25) is 0 Å². The highest BCUT2D eigenvalue weighted by molar-refractivity contribution is 7.89. The third kappa shape index (κ3) is 4.21. The number of aromatic nitrogens is 2. The molecule has 1 heterocycles. The number of hydrogen-bond acceptors (Lipinski definition) is 5. The number of ether oxygens (including phenoxy) is 1. The predicted molar refractivity (Wildman–Crippen MR) is 89.9 cm³/mol. The molecule has 0 fully saturated rings. The van der Waals surface area contributed by atoms with Crippen molar-refractivity contribution in [2.75, 3.05) is 13.2 Å². The topological polar surface area (TPSA) is 90.3 Å². The van der Waals surface area contributed by atoms with Crippen molar-refractivity contribution in [2.45, 2.75) is 31.7 Å². The van der Waals surface area contributed by atoms with Gasteiger partial charge in [0.05, 0.1) is 6.61 Å². The summed E-state index contributed by atoms with van der Waals surface area (Å²) in [5.41, 5.74) is 1.04. The van der Waals surface area contributed by atoms with Gasteiger partial charge in [-0.05, 0) is 20.8 Å². The number of nitrogens with one attached hydrogen (secondary N) is 1. The van der Waals surface area contributed by atoms with Crippen LogP contribution in [-0.4, -0.2) is 37.3 Å². The van der Waals surface area contributed by atoms with Crippen molar-refractivity contribution in [2.24, 2.45) is 0 Å². The van der Waals surface area contributed by atoms with E-state index in [0.29, 0.717) is 11.3 Å². The molecule has 7 nitrogen and oxygen atoms in total. The molecule has 1 aromatic heterocycles. The monoisotopic (exact) mass is 351 g/mol. The van der Waals surface area contributed by atoms with Gasteiger partial charge in [-0.25, -0.2) is 8.42 Å². The molecule has 2 rings (SSSR count). The van der Waals surface area contributed by atoms with Gasteiger partial charge < -0.3 is 4.74 Å². The van der Waals surface area contributed by atoms with E-state index in [1.165, 1.54) is 6.20 Å². The van der Waals surface area contributed by atoms with Gasteiger partial charge in [0.15, 0.2) is 0 Å². The Kier molecular flexibility index (Phi) is 5.74. The summed E-state index contributed by atoms with van der Waals surface area (Å²) < 4.78 is 33.8. The van der Waals surface area contributed by atoms with Crippen molar-refractivity contribution in [3.05, 3.63) is 36.5 Å². The summed E-state index contributed by atoms with van der Waals surface area (Å²) in [6, 6.07) is 9.05. The molecule has 0 aliphatic heterocycles. The standard InChI is InChI=1S/C16H21N3O4S/c1-4-23-15(20)10-17-24(21,22)14-11-19(12(2)3)18-16(14)13-8-6-5-7-9-13/h5-9,11-12,17H,4,10H2,1-3H3. The Hall–Kier alpha value is -2.19. The van der Waals surface area contributed by atoms with Crippen LogP contribution in [0, 0.1) is 0 Å². The van der Waals surface area contributed by atoms with Gasteiger partial charge in [-0.15, -0.1) is 0 Å². The van der Waals surface area contributed by atoms with E-state index >= 15 is 0 Å².